The molecular weight excluding hydrogens is 196 g/mol. The third kappa shape index (κ3) is 1.10. The largest absolute Gasteiger partial charge is 0.244 e. The zero-order chi connectivity index (χ0) is 9.38. The number of hydrogen-bond donors (Lipinski definition) is 0. The molecule has 0 amide bonds. The Labute approximate surface area is 83.9 Å². The first-order valence-electron chi connectivity index (χ1n) is 4.13. The van der Waals surface area contributed by atoms with Crippen molar-refractivity contribution in [3.63, 3.8) is 0 Å². The molecule has 0 aliphatic heterocycles. The first-order valence-corrected chi connectivity index (χ1v) is 5.01. The van der Waals surface area contributed by atoms with Crippen LogP contribution in [0.3, 0.4) is 0 Å². The molecule has 5 heteroatoms. The highest BCUT2D eigenvalue weighted by atomic mass is 32.1. The lowest BCUT2D eigenvalue weighted by atomic mass is 10.4. The van der Waals surface area contributed by atoms with Crippen LogP contribution in [-0.4, -0.2) is 19.7 Å². The summed E-state index contributed by atoms with van der Waals surface area (Å²) in [5, 5.41) is 8.40. The Balaban J connectivity index is 2.24. The van der Waals surface area contributed by atoms with Gasteiger partial charge in [-0.1, -0.05) is 0 Å². The van der Waals surface area contributed by atoms with Crippen LogP contribution in [-0.2, 0) is 0 Å². The van der Waals surface area contributed by atoms with E-state index in [1.807, 2.05) is 28.4 Å². The van der Waals surface area contributed by atoms with Crippen LogP contribution in [0.4, 0.5) is 0 Å². The minimum atomic E-state index is 0.730. The van der Waals surface area contributed by atoms with Gasteiger partial charge in [0.05, 0.1) is 5.39 Å². The number of hydrogen-bond acceptors (Lipinski definition) is 4. The van der Waals surface area contributed by atoms with Crippen LogP contribution in [0.2, 0.25) is 0 Å². The normalized spacial score (nSPS) is 10.9. The van der Waals surface area contributed by atoms with Gasteiger partial charge < -0.3 is 0 Å². The van der Waals surface area contributed by atoms with Crippen molar-refractivity contribution in [3.05, 3.63) is 36.2 Å². The van der Waals surface area contributed by atoms with Crippen molar-refractivity contribution in [1.82, 2.24) is 19.7 Å². The summed E-state index contributed by atoms with van der Waals surface area (Å²) in [4.78, 5) is 8.02. The van der Waals surface area contributed by atoms with Crippen LogP contribution in [0.15, 0.2) is 36.2 Å². The molecule has 0 atom stereocenters. The second-order valence-corrected chi connectivity index (χ2v) is 3.75. The maximum atomic E-state index is 4.33. The smallest absolute Gasteiger partial charge is 0.184 e. The van der Waals surface area contributed by atoms with Crippen LogP contribution in [0, 0.1) is 0 Å². The summed E-state index contributed by atoms with van der Waals surface area (Å²) >= 11 is 1.64. The molecule has 3 aromatic rings. The van der Waals surface area contributed by atoms with E-state index in [9.17, 15) is 0 Å². The van der Waals surface area contributed by atoms with E-state index >= 15 is 0 Å². The zero-order valence-electron chi connectivity index (χ0n) is 7.16. The lowest BCUT2D eigenvalue weighted by molar-refractivity contribution is 0.906. The molecule has 0 aliphatic carbocycles. The summed E-state index contributed by atoms with van der Waals surface area (Å²) in [5.74, 6) is 0. The summed E-state index contributed by atoms with van der Waals surface area (Å²) in [7, 11) is 0. The molecule has 0 saturated heterocycles. The van der Waals surface area contributed by atoms with E-state index in [1.54, 1.807) is 17.5 Å². The van der Waals surface area contributed by atoms with Gasteiger partial charge in [-0.25, -0.2) is 14.6 Å². The number of thiophene rings is 1. The van der Waals surface area contributed by atoms with Crippen molar-refractivity contribution in [2.45, 2.75) is 0 Å². The predicted molar refractivity (Wildman–Crippen MR) is 54.5 cm³/mol. The fourth-order valence-corrected chi connectivity index (χ4v) is 1.94. The Hall–Kier alpha value is -1.75. The minimum absolute atomic E-state index is 0.730. The second kappa shape index (κ2) is 2.88. The van der Waals surface area contributed by atoms with Crippen molar-refractivity contribution < 1.29 is 0 Å². The Morgan fingerprint density at radius 2 is 2.36 bits per heavy atom. The number of nitrogens with zero attached hydrogens (tertiary/aromatic N) is 4. The summed E-state index contributed by atoms with van der Waals surface area (Å²) in [5.41, 5.74) is 0.730. The summed E-state index contributed by atoms with van der Waals surface area (Å²) in [6, 6.07) is 4.02. The molecule has 0 unspecified atom stereocenters. The average molecular weight is 202 g/mol. The molecule has 0 saturated carbocycles. The first-order chi connectivity index (χ1) is 6.93. The van der Waals surface area contributed by atoms with Gasteiger partial charge in [0, 0.05) is 12.4 Å². The predicted octanol–water partition coefficient (Wildman–Crippen LogP) is 1.88. The monoisotopic (exact) mass is 202 g/mol. The third-order valence-electron chi connectivity index (χ3n) is 1.91. The Kier molecular flexibility index (Phi) is 1.57. The van der Waals surface area contributed by atoms with Gasteiger partial charge >= 0.3 is 0 Å². The number of fused-ring (bicyclic) bond motifs is 1. The SMILES string of the molecule is c1csc(-n2cc3cncnc3n2)c1. The van der Waals surface area contributed by atoms with Gasteiger partial charge in [0.15, 0.2) is 5.65 Å². The Morgan fingerprint density at radius 3 is 3.14 bits per heavy atom. The minimum Gasteiger partial charge on any atom is -0.244 e. The van der Waals surface area contributed by atoms with E-state index in [-0.39, 0.29) is 0 Å². The van der Waals surface area contributed by atoms with E-state index < -0.39 is 0 Å². The zero-order valence-corrected chi connectivity index (χ0v) is 7.98. The Bertz CT molecular complexity index is 522. The maximum Gasteiger partial charge on any atom is 0.184 e. The van der Waals surface area contributed by atoms with Gasteiger partial charge in [-0.3, -0.25) is 0 Å². The second-order valence-electron chi connectivity index (χ2n) is 2.83. The van der Waals surface area contributed by atoms with Gasteiger partial charge in [-0.15, -0.1) is 16.4 Å². The van der Waals surface area contributed by atoms with Crippen molar-refractivity contribution in [2.24, 2.45) is 0 Å². The molecule has 0 bridgehead atoms. The molecule has 0 aliphatic rings. The number of aromatic nitrogens is 4. The van der Waals surface area contributed by atoms with Crippen LogP contribution < -0.4 is 0 Å². The molecule has 4 nitrogen and oxygen atoms in total. The molecule has 3 heterocycles. The van der Waals surface area contributed by atoms with Crippen LogP contribution in [0.1, 0.15) is 0 Å². The molecule has 0 fully saturated rings. The van der Waals surface area contributed by atoms with E-state index in [1.165, 1.54) is 6.33 Å². The van der Waals surface area contributed by atoms with E-state index in [4.69, 9.17) is 0 Å². The molecule has 68 valence electrons. The maximum absolute atomic E-state index is 4.33. The third-order valence-corrected chi connectivity index (χ3v) is 2.77. The van der Waals surface area contributed by atoms with E-state index in [2.05, 4.69) is 15.1 Å². The van der Waals surface area contributed by atoms with Gasteiger partial charge in [0.1, 0.15) is 11.3 Å². The van der Waals surface area contributed by atoms with E-state index in [0.29, 0.717) is 0 Å². The lowest BCUT2D eigenvalue weighted by Gasteiger charge is -1.91. The van der Waals surface area contributed by atoms with Gasteiger partial charge in [-0.2, -0.15) is 0 Å². The summed E-state index contributed by atoms with van der Waals surface area (Å²) < 4.78 is 1.82. The molecule has 3 rings (SSSR count). The molecule has 0 aromatic carbocycles. The highest BCUT2D eigenvalue weighted by Gasteiger charge is 2.02. The van der Waals surface area contributed by atoms with Crippen LogP contribution in [0.5, 0.6) is 0 Å². The summed E-state index contributed by atoms with van der Waals surface area (Å²) in [6.07, 6.45) is 5.20. The van der Waals surface area contributed by atoms with E-state index in [0.717, 1.165) is 16.0 Å². The van der Waals surface area contributed by atoms with Crippen molar-refractivity contribution >= 4 is 22.4 Å². The lowest BCUT2D eigenvalue weighted by Crippen LogP contribution is -1.89. The standard InChI is InChI=1S/C9H6N4S/c1-2-8(14-3-1)13-5-7-4-10-6-11-9(7)12-13/h1-6H. The quantitative estimate of drug-likeness (QED) is 0.605. The van der Waals surface area contributed by atoms with Crippen LogP contribution in [0.25, 0.3) is 16.0 Å². The molecule has 3 aromatic heterocycles. The van der Waals surface area contributed by atoms with Crippen molar-refractivity contribution in [3.8, 4) is 5.00 Å². The fourth-order valence-electron chi connectivity index (χ4n) is 1.28. The highest BCUT2D eigenvalue weighted by Crippen LogP contribution is 2.16. The molecule has 0 spiro atoms. The van der Waals surface area contributed by atoms with Crippen molar-refractivity contribution in [1.29, 1.82) is 0 Å². The molecule has 0 radical (unpaired) electrons. The Morgan fingerprint density at radius 1 is 1.36 bits per heavy atom. The molecular formula is C9H6N4S. The molecule has 0 N–H and O–H groups in total. The van der Waals surface area contributed by atoms with Gasteiger partial charge in [0.25, 0.3) is 0 Å². The summed E-state index contributed by atoms with van der Waals surface area (Å²) in [6.45, 7) is 0. The fraction of sp³-hybridized carbons (Fsp3) is 0. The average Bonchev–Trinajstić information content (AvgIpc) is 2.86. The first kappa shape index (κ1) is 7.64. The topological polar surface area (TPSA) is 43.6 Å². The van der Waals surface area contributed by atoms with Gasteiger partial charge in [0.2, 0.25) is 0 Å². The highest BCUT2D eigenvalue weighted by molar-refractivity contribution is 7.12. The number of rotatable bonds is 1. The van der Waals surface area contributed by atoms with Crippen molar-refractivity contribution in [2.75, 3.05) is 0 Å². The van der Waals surface area contributed by atoms with Gasteiger partial charge in [-0.05, 0) is 17.5 Å². The molecule has 14 heavy (non-hydrogen) atoms. The van der Waals surface area contributed by atoms with Crippen LogP contribution >= 0.6 is 11.3 Å².